The van der Waals surface area contributed by atoms with Gasteiger partial charge in [0.15, 0.2) is 12.0 Å². The number of aromatic nitrogens is 3. The smallest absolute Gasteiger partial charge is 0.260 e. The van der Waals surface area contributed by atoms with Crippen molar-refractivity contribution in [2.75, 3.05) is 47.0 Å². The molecule has 9 rings (SSSR count). The minimum Gasteiger partial charge on any atom is -0.375 e. The van der Waals surface area contributed by atoms with E-state index in [0.29, 0.717) is 56.4 Å². The number of fused-ring (bicyclic) bond motifs is 8. The van der Waals surface area contributed by atoms with Crippen molar-refractivity contribution in [3.63, 3.8) is 0 Å². The summed E-state index contributed by atoms with van der Waals surface area (Å²) in [6.07, 6.45) is 4.22. The van der Waals surface area contributed by atoms with Crippen molar-refractivity contribution in [2.24, 2.45) is 11.3 Å². The summed E-state index contributed by atoms with van der Waals surface area (Å²) in [7, 11) is 7.00. The van der Waals surface area contributed by atoms with Crippen LogP contribution in [0.4, 0.5) is 4.39 Å². The molecule has 3 saturated heterocycles. The van der Waals surface area contributed by atoms with E-state index in [2.05, 4.69) is 77.2 Å². The summed E-state index contributed by atoms with van der Waals surface area (Å²) in [6.45, 7) is 18.2. The van der Waals surface area contributed by atoms with Crippen LogP contribution in [0.1, 0.15) is 102 Å². The number of aryl methyl sites for hydroxylation is 1. The van der Waals surface area contributed by atoms with Crippen molar-refractivity contribution in [2.45, 2.75) is 146 Å². The van der Waals surface area contributed by atoms with Gasteiger partial charge >= 0.3 is 0 Å². The summed E-state index contributed by atoms with van der Waals surface area (Å²) in [5.41, 5.74) is 6.78. The zero-order valence-electron chi connectivity index (χ0n) is 43.4. The molecule has 4 fully saturated rings. The summed E-state index contributed by atoms with van der Waals surface area (Å²) < 4.78 is 44.1. The van der Waals surface area contributed by atoms with Crippen LogP contribution in [0.2, 0.25) is 0 Å². The molecule has 73 heavy (non-hydrogen) atoms. The third-order valence-electron chi connectivity index (χ3n) is 15.6. The molecular formula is C54H70FN8O8SSi. The van der Waals surface area contributed by atoms with E-state index in [-0.39, 0.29) is 68.2 Å². The first-order valence-corrected chi connectivity index (χ1v) is 27.1. The molecular weight excluding hydrogens is 968 g/mol. The number of hydrogen-bond donors (Lipinski definition) is 2. The van der Waals surface area contributed by atoms with Crippen LogP contribution in [0.15, 0.2) is 54.6 Å². The molecule has 1 aromatic carbocycles. The molecule has 4 amide bonds. The lowest BCUT2D eigenvalue weighted by Gasteiger charge is -2.48. The zero-order valence-corrected chi connectivity index (χ0v) is 45.2. The number of halogens is 1. The van der Waals surface area contributed by atoms with Crippen LogP contribution in [0.25, 0.3) is 33.4 Å². The molecule has 2 N–H and O–H groups in total. The van der Waals surface area contributed by atoms with Crippen molar-refractivity contribution in [1.82, 2.24) is 40.1 Å². The van der Waals surface area contributed by atoms with E-state index in [4.69, 9.17) is 28.9 Å². The number of carbonyl (C=O) groups is 4. The molecule has 5 aliphatic rings. The molecule has 7 heterocycles. The Bertz CT molecular complexity index is 2760. The van der Waals surface area contributed by atoms with Crippen molar-refractivity contribution in [1.29, 1.82) is 0 Å². The minimum absolute atomic E-state index is 0.0455. The second-order valence-electron chi connectivity index (χ2n) is 21.8. The summed E-state index contributed by atoms with van der Waals surface area (Å²) in [6, 6.07) is 9.08. The quantitative estimate of drug-likeness (QED) is 0.102. The Kier molecular flexibility index (Phi) is 15.0. The molecule has 1 aliphatic carbocycles. The Morgan fingerprint density at radius 3 is 2.62 bits per heavy atom. The molecule has 6 bridgehead atoms. The van der Waals surface area contributed by atoms with E-state index < -0.39 is 52.4 Å². The van der Waals surface area contributed by atoms with Crippen LogP contribution < -0.4 is 10.7 Å². The van der Waals surface area contributed by atoms with Gasteiger partial charge in [0.1, 0.15) is 17.3 Å². The minimum atomic E-state index is -2.27. The predicted molar refractivity (Wildman–Crippen MR) is 277 cm³/mol. The molecule has 3 aromatic heterocycles. The summed E-state index contributed by atoms with van der Waals surface area (Å²) in [5.74, 6) is -2.60. The van der Waals surface area contributed by atoms with Crippen LogP contribution in [0.3, 0.4) is 0 Å². The van der Waals surface area contributed by atoms with E-state index in [1.54, 1.807) is 32.1 Å². The van der Waals surface area contributed by atoms with Gasteiger partial charge in [-0.15, -0.1) is 11.3 Å². The largest absolute Gasteiger partial charge is 0.375 e. The first kappa shape index (κ1) is 53.0. The number of ether oxygens (including phenoxy) is 4. The molecule has 6 atom stereocenters. The molecule has 3 unspecified atom stereocenters. The number of pyridine rings is 1. The predicted octanol–water partition coefficient (Wildman–Crippen LogP) is 6.45. The highest BCUT2D eigenvalue weighted by Crippen LogP contribution is 2.45. The number of epoxide rings is 1. The normalized spacial score (nSPS) is 28.2. The van der Waals surface area contributed by atoms with Crippen molar-refractivity contribution >= 4 is 56.1 Å². The van der Waals surface area contributed by atoms with E-state index in [9.17, 15) is 14.4 Å². The van der Waals surface area contributed by atoms with Gasteiger partial charge in [-0.05, 0) is 106 Å². The van der Waals surface area contributed by atoms with Crippen LogP contribution in [0, 0.1) is 11.3 Å². The maximum atomic E-state index is 17.0. The molecule has 391 valence electrons. The van der Waals surface area contributed by atoms with Crippen LogP contribution in [0.5, 0.6) is 0 Å². The highest BCUT2D eigenvalue weighted by Gasteiger charge is 2.54. The first-order chi connectivity index (χ1) is 34.7. The van der Waals surface area contributed by atoms with Crippen LogP contribution in [-0.2, 0) is 57.5 Å². The molecule has 1 spiro atoms. The molecule has 4 aliphatic heterocycles. The molecule has 19 heteroatoms. The number of morpholine rings is 1. The molecule has 3 radical (unpaired) electrons. The van der Waals surface area contributed by atoms with Gasteiger partial charge in [0.05, 0.1) is 69.8 Å². The van der Waals surface area contributed by atoms with Crippen molar-refractivity contribution < 1.29 is 42.5 Å². The number of hydrogen-bond acceptors (Lipinski definition) is 12. The van der Waals surface area contributed by atoms with Crippen LogP contribution in [-0.4, -0.2) is 151 Å². The van der Waals surface area contributed by atoms with E-state index >= 15 is 9.18 Å². The van der Waals surface area contributed by atoms with Gasteiger partial charge < -0.3 is 38.6 Å². The summed E-state index contributed by atoms with van der Waals surface area (Å²) in [5, 5.41) is 6.43. The second kappa shape index (κ2) is 20.7. The van der Waals surface area contributed by atoms with Crippen molar-refractivity contribution in [3.05, 3.63) is 70.8 Å². The number of thiazole rings is 1. The SMILES string of the molecule is C=CC(=O)N1CCOC2(CCC(F)(C(=O)N(C)[C@H](C(=O)NC3([Si])Cc4nc(cs4)-c4ccc5c(c4)c(c(-c4cccnc4[C@H](C)OC)n5CC)CC(C)(C)COC4OC4[C@@H]4CCCN(N4)C3=O)C(C)C)CC2)C1. The first-order valence-electron chi connectivity index (χ1n) is 25.7. The standard InChI is InChI=1S/C54H70FN8O8SSi/c1-10-42(64)61-24-25-70-52(30-61)18-20-53(55,21-19-52)49(66)60(8)44(32(3)4)47(65)58-54(73)28-41-57-39(29-72-41)34-16-17-40-36(26-34)37(45(62(40)11-2)35-14-12-22-56-43(35)33(5)68-9)27-51(6,7)31-69-48-46(71-48)38-15-13-23-63(59-38)50(54)67/h10,12,14,16-17,22,26,29,32-33,38,44,46,48,59H,1,11,13,15,18-21,23-25,27-28,30-31H2,2-9H3,(H,58,65)/t33-,38-,44-,46?,48?,52?,53?,54?/m0/s1. The average Bonchev–Trinajstić information content (AvgIpc) is 3.92. The van der Waals surface area contributed by atoms with Crippen molar-refractivity contribution in [3.8, 4) is 22.5 Å². The third-order valence-corrected chi connectivity index (χ3v) is 17.0. The van der Waals surface area contributed by atoms with E-state index in [1.165, 1.54) is 34.4 Å². The number of nitrogens with zero attached hydrogens (tertiary/aromatic N) is 6. The Hall–Kier alpha value is -4.89. The molecule has 16 nitrogen and oxygen atoms in total. The van der Waals surface area contributed by atoms with Crippen LogP contribution >= 0.6 is 11.3 Å². The number of alkyl halides is 1. The highest BCUT2D eigenvalue weighted by atomic mass is 32.1. The number of likely N-dealkylation sites (N-methyl/N-ethyl adjacent to an activating group) is 1. The number of hydrazine groups is 1. The lowest BCUT2D eigenvalue weighted by atomic mass is 9.75. The maximum Gasteiger partial charge on any atom is 0.260 e. The number of amides is 4. The number of rotatable bonds is 10. The van der Waals surface area contributed by atoms with Gasteiger partial charge in [0, 0.05) is 73.8 Å². The fraction of sp³-hybridized carbons (Fsp3) is 0.593. The number of nitrogens with one attached hydrogen (secondary N) is 2. The van der Waals surface area contributed by atoms with Gasteiger partial charge in [-0.2, -0.15) is 0 Å². The Labute approximate surface area is 435 Å². The van der Waals surface area contributed by atoms with Gasteiger partial charge in [0.25, 0.3) is 11.8 Å². The van der Waals surface area contributed by atoms with E-state index in [0.717, 1.165) is 45.4 Å². The monoisotopic (exact) mass is 1040 g/mol. The number of methoxy groups -OCH3 is 1. The lowest BCUT2D eigenvalue weighted by Crippen LogP contribution is -2.69. The average molecular weight is 1040 g/mol. The molecule has 4 aromatic rings. The Morgan fingerprint density at radius 1 is 1.14 bits per heavy atom. The fourth-order valence-electron chi connectivity index (χ4n) is 11.6. The topological polar surface area (TPSA) is 173 Å². The summed E-state index contributed by atoms with van der Waals surface area (Å²) in [4.78, 5) is 69.6. The number of carbonyl (C=O) groups excluding carboxylic acids is 4. The zero-order chi connectivity index (χ0) is 52.2. The summed E-state index contributed by atoms with van der Waals surface area (Å²) >= 11 is 1.38. The maximum absolute atomic E-state index is 17.0. The van der Waals surface area contributed by atoms with Gasteiger partial charge in [0.2, 0.25) is 11.8 Å². The highest BCUT2D eigenvalue weighted by molar-refractivity contribution is 7.10. The van der Waals surface area contributed by atoms with Gasteiger partial charge in [-0.1, -0.05) is 40.3 Å². The third kappa shape index (κ3) is 10.4. The van der Waals surface area contributed by atoms with Gasteiger partial charge in [-0.25, -0.2) is 14.8 Å². The Balaban J connectivity index is 1.04. The van der Waals surface area contributed by atoms with E-state index in [1.807, 2.05) is 18.4 Å². The second-order valence-corrected chi connectivity index (χ2v) is 23.6. The van der Waals surface area contributed by atoms with Gasteiger partial charge in [-0.3, -0.25) is 29.2 Å². The molecule has 1 saturated carbocycles. The Morgan fingerprint density at radius 2 is 1.90 bits per heavy atom. The fourth-order valence-corrected chi connectivity index (χ4v) is 13.0. The number of benzene rings is 1. The lowest BCUT2D eigenvalue weighted by molar-refractivity contribution is -0.170.